The van der Waals surface area contributed by atoms with Crippen LogP contribution in [0.2, 0.25) is 5.02 Å². The molecule has 6 heteroatoms. The number of benzene rings is 2. The number of carbonyl (C=O) groups excluding carboxylic acids is 1. The minimum Gasteiger partial charge on any atom is -0.376 e. The fraction of sp³-hybridized carbons (Fsp3) is 0.0625. The summed E-state index contributed by atoms with van der Waals surface area (Å²) in [6.45, 7) is 0.00621. The number of anilines is 2. The van der Waals surface area contributed by atoms with Crippen molar-refractivity contribution in [2.45, 2.75) is 0 Å². The van der Waals surface area contributed by atoms with Crippen LogP contribution in [0, 0.1) is 22.7 Å². The van der Waals surface area contributed by atoms with Gasteiger partial charge in [0.1, 0.15) is 6.07 Å². The molecule has 0 radical (unpaired) electrons. The van der Waals surface area contributed by atoms with Gasteiger partial charge in [0, 0.05) is 10.7 Å². The van der Waals surface area contributed by atoms with Crippen LogP contribution in [0.5, 0.6) is 0 Å². The average Bonchev–Trinajstić information content (AvgIpc) is 2.53. The summed E-state index contributed by atoms with van der Waals surface area (Å²) in [6, 6.07) is 15.5. The second-order valence-electron chi connectivity index (χ2n) is 4.40. The molecule has 0 saturated carbocycles. The zero-order chi connectivity index (χ0) is 15.9. The van der Waals surface area contributed by atoms with Crippen LogP contribution < -0.4 is 10.6 Å². The van der Waals surface area contributed by atoms with Crippen molar-refractivity contribution in [1.29, 1.82) is 10.5 Å². The standard InChI is InChI=1S/C16H11ClN4O/c17-13-5-4-12(9-19)15(7-13)21-16(22)10-20-14-3-1-2-11(6-14)8-18/h1-7,20H,10H2,(H,21,22). The Kier molecular flexibility index (Phi) is 4.98. The lowest BCUT2D eigenvalue weighted by atomic mass is 10.2. The highest BCUT2D eigenvalue weighted by molar-refractivity contribution is 6.31. The highest BCUT2D eigenvalue weighted by atomic mass is 35.5. The molecule has 0 aliphatic carbocycles. The molecule has 0 aliphatic heterocycles. The number of nitriles is 2. The maximum absolute atomic E-state index is 11.9. The Bertz CT molecular complexity index is 789. The Balaban J connectivity index is 2.00. The van der Waals surface area contributed by atoms with Gasteiger partial charge in [-0.1, -0.05) is 17.7 Å². The molecular weight excluding hydrogens is 300 g/mol. The van der Waals surface area contributed by atoms with E-state index in [4.69, 9.17) is 22.1 Å². The molecule has 0 heterocycles. The van der Waals surface area contributed by atoms with Gasteiger partial charge in [0.05, 0.1) is 29.4 Å². The van der Waals surface area contributed by atoms with Crippen molar-refractivity contribution in [2.24, 2.45) is 0 Å². The van der Waals surface area contributed by atoms with Crippen LogP contribution in [0.4, 0.5) is 11.4 Å². The fourth-order valence-electron chi connectivity index (χ4n) is 1.79. The third kappa shape index (κ3) is 3.99. The number of rotatable bonds is 4. The van der Waals surface area contributed by atoms with E-state index in [2.05, 4.69) is 10.6 Å². The van der Waals surface area contributed by atoms with E-state index in [9.17, 15) is 4.79 Å². The van der Waals surface area contributed by atoms with E-state index in [1.165, 1.54) is 6.07 Å². The number of nitrogens with one attached hydrogen (secondary N) is 2. The second kappa shape index (κ2) is 7.12. The van der Waals surface area contributed by atoms with Crippen LogP contribution in [0.1, 0.15) is 11.1 Å². The van der Waals surface area contributed by atoms with Gasteiger partial charge in [0.25, 0.3) is 0 Å². The number of carbonyl (C=O) groups is 1. The van der Waals surface area contributed by atoms with E-state index in [0.29, 0.717) is 27.5 Å². The second-order valence-corrected chi connectivity index (χ2v) is 4.83. The molecule has 22 heavy (non-hydrogen) atoms. The molecule has 0 fully saturated rings. The fourth-order valence-corrected chi connectivity index (χ4v) is 1.96. The van der Waals surface area contributed by atoms with Crippen molar-refractivity contribution in [3.05, 3.63) is 58.6 Å². The topological polar surface area (TPSA) is 88.7 Å². The summed E-state index contributed by atoms with van der Waals surface area (Å²) in [6.07, 6.45) is 0. The maximum atomic E-state index is 11.9. The van der Waals surface area contributed by atoms with E-state index in [0.717, 1.165) is 0 Å². The van der Waals surface area contributed by atoms with Crippen LogP contribution >= 0.6 is 11.6 Å². The Morgan fingerprint density at radius 2 is 1.95 bits per heavy atom. The number of amides is 1. The lowest BCUT2D eigenvalue weighted by Crippen LogP contribution is -2.22. The third-order valence-corrected chi connectivity index (χ3v) is 3.06. The first kappa shape index (κ1) is 15.4. The molecule has 1 amide bonds. The van der Waals surface area contributed by atoms with Crippen molar-refractivity contribution < 1.29 is 4.79 Å². The molecule has 2 aromatic rings. The van der Waals surface area contributed by atoms with Crippen LogP contribution in [0.25, 0.3) is 0 Å². The lowest BCUT2D eigenvalue weighted by molar-refractivity contribution is -0.114. The molecule has 0 unspecified atom stereocenters. The zero-order valence-corrected chi connectivity index (χ0v) is 12.2. The van der Waals surface area contributed by atoms with E-state index in [-0.39, 0.29) is 12.5 Å². The third-order valence-electron chi connectivity index (χ3n) is 2.82. The van der Waals surface area contributed by atoms with Gasteiger partial charge < -0.3 is 10.6 Å². The van der Waals surface area contributed by atoms with Gasteiger partial charge in [-0.15, -0.1) is 0 Å². The van der Waals surface area contributed by atoms with Crippen molar-refractivity contribution in [3.8, 4) is 12.1 Å². The van der Waals surface area contributed by atoms with Gasteiger partial charge >= 0.3 is 0 Å². The normalized spacial score (nSPS) is 9.41. The Morgan fingerprint density at radius 1 is 1.14 bits per heavy atom. The molecule has 0 atom stereocenters. The van der Waals surface area contributed by atoms with E-state index in [1.54, 1.807) is 36.4 Å². The Morgan fingerprint density at radius 3 is 2.68 bits per heavy atom. The van der Waals surface area contributed by atoms with Crippen LogP contribution in [0.15, 0.2) is 42.5 Å². The Labute approximate surface area is 132 Å². The van der Waals surface area contributed by atoms with E-state index < -0.39 is 0 Å². The quantitative estimate of drug-likeness (QED) is 0.908. The summed E-state index contributed by atoms with van der Waals surface area (Å²) < 4.78 is 0. The summed E-state index contributed by atoms with van der Waals surface area (Å²) in [7, 11) is 0. The number of nitrogens with zero attached hydrogens (tertiary/aromatic N) is 2. The van der Waals surface area contributed by atoms with Gasteiger partial charge in [-0.05, 0) is 36.4 Å². The molecule has 0 bridgehead atoms. The summed E-state index contributed by atoms with van der Waals surface area (Å²) in [5.74, 6) is -0.318. The summed E-state index contributed by atoms with van der Waals surface area (Å²) in [4.78, 5) is 11.9. The monoisotopic (exact) mass is 310 g/mol. The number of halogens is 1. The predicted molar refractivity (Wildman–Crippen MR) is 84.4 cm³/mol. The summed E-state index contributed by atoms with van der Waals surface area (Å²) in [5, 5.41) is 23.8. The van der Waals surface area contributed by atoms with Crippen molar-refractivity contribution in [1.82, 2.24) is 0 Å². The molecule has 0 spiro atoms. The minimum absolute atomic E-state index is 0.00621. The largest absolute Gasteiger partial charge is 0.376 e. The first-order valence-corrected chi connectivity index (χ1v) is 6.73. The SMILES string of the molecule is N#Cc1cccc(NCC(=O)Nc2cc(Cl)ccc2C#N)c1. The molecule has 108 valence electrons. The van der Waals surface area contributed by atoms with Crippen molar-refractivity contribution in [3.63, 3.8) is 0 Å². The van der Waals surface area contributed by atoms with E-state index >= 15 is 0 Å². The average molecular weight is 311 g/mol. The van der Waals surface area contributed by atoms with Crippen molar-refractivity contribution >= 4 is 28.9 Å². The molecule has 0 aromatic heterocycles. The zero-order valence-electron chi connectivity index (χ0n) is 11.4. The van der Waals surface area contributed by atoms with E-state index in [1.807, 2.05) is 12.1 Å². The summed E-state index contributed by atoms with van der Waals surface area (Å²) >= 11 is 5.86. The first-order chi connectivity index (χ1) is 10.6. The highest BCUT2D eigenvalue weighted by Crippen LogP contribution is 2.20. The van der Waals surface area contributed by atoms with Crippen molar-refractivity contribution in [2.75, 3.05) is 17.2 Å². The van der Waals surface area contributed by atoms with Gasteiger partial charge in [0.15, 0.2) is 0 Å². The van der Waals surface area contributed by atoms with Gasteiger partial charge in [0.2, 0.25) is 5.91 Å². The maximum Gasteiger partial charge on any atom is 0.243 e. The molecule has 0 aliphatic rings. The molecular formula is C16H11ClN4O. The first-order valence-electron chi connectivity index (χ1n) is 6.36. The molecule has 2 rings (SSSR count). The molecule has 5 nitrogen and oxygen atoms in total. The Hall–Kier alpha value is -3.02. The minimum atomic E-state index is -0.318. The lowest BCUT2D eigenvalue weighted by Gasteiger charge is -2.09. The van der Waals surface area contributed by atoms with Gasteiger partial charge in [-0.25, -0.2) is 0 Å². The molecule has 2 aromatic carbocycles. The predicted octanol–water partition coefficient (Wildman–Crippen LogP) is 3.13. The van der Waals surface area contributed by atoms with Crippen LogP contribution in [-0.4, -0.2) is 12.5 Å². The number of hydrogen-bond donors (Lipinski definition) is 2. The van der Waals surface area contributed by atoms with Crippen LogP contribution in [-0.2, 0) is 4.79 Å². The molecule has 0 saturated heterocycles. The smallest absolute Gasteiger partial charge is 0.243 e. The number of hydrogen-bond acceptors (Lipinski definition) is 4. The van der Waals surface area contributed by atoms with Crippen LogP contribution in [0.3, 0.4) is 0 Å². The highest BCUT2D eigenvalue weighted by Gasteiger charge is 2.07. The van der Waals surface area contributed by atoms with Gasteiger partial charge in [-0.2, -0.15) is 10.5 Å². The molecule has 2 N–H and O–H groups in total. The van der Waals surface area contributed by atoms with Gasteiger partial charge in [-0.3, -0.25) is 4.79 Å². The summed E-state index contributed by atoms with van der Waals surface area (Å²) in [5.41, 5.74) is 1.88.